The van der Waals surface area contributed by atoms with E-state index in [9.17, 15) is 4.79 Å². The summed E-state index contributed by atoms with van der Waals surface area (Å²) in [4.78, 5) is 23.8. The van der Waals surface area contributed by atoms with Gasteiger partial charge >= 0.3 is 0 Å². The summed E-state index contributed by atoms with van der Waals surface area (Å²) in [6, 6.07) is 13.6. The zero-order valence-electron chi connectivity index (χ0n) is 16.8. The molecule has 1 aliphatic carbocycles. The smallest absolute Gasteiger partial charge is 0.272 e. The van der Waals surface area contributed by atoms with E-state index in [0.717, 1.165) is 42.3 Å². The fourth-order valence-electron chi connectivity index (χ4n) is 4.85. The number of fused-ring (bicyclic) bond motifs is 4. The third kappa shape index (κ3) is 2.82. The Morgan fingerprint density at radius 2 is 1.87 bits per heavy atom. The van der Waals surface area contributed by atoms with Crippen LogP contribution in [0.2, 0.25) is 0 Å². The molecule has 3 aromatic rings. The zero-order chi connectivity index (χ0) is 20.1. The zero-order valence-corrected chi connectivity index (χ0v) is 16.8. The highest BCUT2D eigenvalue weighted by Gasteiger charge is 2.47. The lowest BCUT2D eigenvalue weighted by Crippen LogP contribution is -2.50. The molecule has 6 rings (SSSR count). The molecule has 1 amide bonds. The third-order valence-corrected chi connectivity index (χ3v) is 6.61. The Bertz CT molecular complexity index is 1100. The molecule has 3 aliphatic rings. The number of amides is 1. The van der Waals surface area contributed by atoms with E-state index in [0.29, 0.717) is 18.8 Å². The maximum Gasteiger partial charge on any atom is 0.272 e. The van der Waals surface area contributed by atoms with Crippen molar-refractivity contribution in [3.63, 3.8) is 0 Å². The Morgan fingerprint density at radius 1 is 1.07 bits per heavy atom. The van der Waals surface area contributed by atoms with Crippen molar-refractivity contribution in [2.24, 2.45) is 5.92 Å². The highest BCUT2D eigenvalue weighted by molar-refractivity contribution is 5.92. The molecule has 6 nitrogen and oxygen atoms in total. The Balaban J connectivity index is 1.33. The highest BCUT2D eigenvalue weighted by Crippen LogP contribution is 2.49. The van der Waals surface area contributed by atoms with Crippen molar-refractivity contribution < 1.29 is 9.53 Å². The first-order valence-electron chi connectivity index (χ1n) is 10.8. The number of piperidine rings is 1. The van der Waals surface area contributed by atoms with Crippen LogP contribution in [0, 0.1) is 5.92 Å². The number of benzene rings is 1. The standard InChI is InChI=1S/C24H24N4O2/c29-23(19-6-3-4-12-25-19)27-13-10-24(11-14-27)22-21(18-5-1-2-7-20(18)30-24)26-16-28(22)15-17-8-9-17/h1-7,12,16-17H,8-11,13-15H2. The molecule has 0 atom stereocenters. The minimum Gasteiger partial charge on any atom is -0.480 e. The van der Waals surface area contributed by atoms with Gasteiger partial charge in [-0.2, -0.15) is 0 Å². The molecule has 30 heavy (non-hydrogen) atoms. The maximum absolute atomic E-state index is 12.9. The van der Waals surface area contributed by atoms with Gasteiger partial charge in [-0.05, 0) is 43.0 Å². The van der Waals surface area contributed by atoms with Gasteiger partial charge in [0.15, 0.2) is 5.60 Å². The highest BCUT2D eigenvalue weighted by atomic mass is 16.5. The van der Waals surface area contributed by atoms with Crippen LogP contribution in [0.5, 0.6) is 5.75 Å². The molecule has 1 saturated carbocycles. The third-order valence-electron chi connectivity index (χ3n) is 6.61. The van der Waals surface area contributed by atoms with Crippen LogP contribution < -0.4 is 4.74 Å². The first-order chi connectivity index (χ1) is 14.7. The molecule has 152 valence electrons. The molecule has 0 bridgehead atoms. The van der Waals surface area contributed by atoms with Gasteiger partial charge in [-0.3, -0.25) is 9.78 Å². The van der Waals surface area contributed by atoms with Gasteiger partial charge in [0.25, 0.3) is 5.91 Å². The molecule has 4 heterocycles. The van der Waals surface area contributed by atoms with E-state index < -0.39 is 5.60 Å². The Labute approximate surface area is 175 Å². The molecular formula is C24H24N4O2. The fourth-order valence-corrected chi connectivity index (χ4v) is 4.85. The van der Waals surface area contributed by atoms with E-state index >= 15 is 0 Å². The minimum absolute atomic E-state index is 0.00614. The normalized spacial score (nSPS) is 19.1. The van der Waals surface area contributed by atoms with E-state index in [1.807, 2.05) is 41.6 Å². The number of likely N-dealkylation sites (tertiary alicyclic amines) is 1. The summed E-state index contributed by atoms with van der Waals surface area (Å²) in [5, 5.41) is 0. The van der Waals surface area contributed by atoms with Crippen LogP contribution in [-0.2, 0) is 12.1 Å². The molecule has 0 N–H and O–H groups in total. The second-order valence-corrected chi connectivity index (χ2v) is 8.64. The first-order valence-corrected chi connectivity index (χ1v) is 10.8. The molecule has 0 unspecified atom stereocenters. The van der Waals surface area contributed by atoms with Crippen LogP contribution in [0.15, 0.2) is 55.0 Å². The molecule has 2 aliphatic heterocycles. The number of aromatic nitrogens is 3. The molecule has 2 fully saturated rings. The SMILES string of the molecule is O=C(c1ccccn1)N1CCC2(CC1)Oc1ccccc1-c1ncn(CC3CC3)c12. The lowest BCUT2D eigenvalue weighted by atomic mass is 9.83. The van der Waals surface area contributed by atoms with Gasteiger partial charge < -0.3 is 14.2 Å². The van der Waals surface area contributed by atoms with Gasteiger partial charge in [-0.1, -0.05) is 18.2 Å². The number of carbonyl (C=O) groups excluding carboxylic acids is 1. The summed E-state index contributed by atoms with van der Waals surface area (Å²) in [6.07, 6.45) is 7.75. The minimum atomic E-state index is -0.435. The number of carbonyl (C=O) groups is 1. The van der Waals surface area contributed by atoms with E-state index in [2.05, 4.69) is 15.6 Å². The van der Waals surface area contributed by atoms with Crippen LogP contribution in [0.4, 0.5) is 0 Å². The number of hydrogen-bond donors (Lipinski definition) is 0. The Kier molecular flexibility index (Phi) is 3.94. The summed E-state index contributed by atoms with van der Waals surface area (Å²) in [5.74, 6) is 1.64. The maximum atomic E-state index is 12.9. The molecule has 6 heteroatoms. The molecule has 1 spiro atoms. The van der Waals surface area contributed by atoms with E-state index in [4.69, 9.17) is 9.72 Å². The Morgan fingerprint density at radius 3 is 2.63 bits per heavy atom. The second-order valence-electron chi connectivity index (χ2n) is 8.64. The lowest BCUT2D eigenvalue weighted by Gasteiger charge is -2.44. The largest absolute Gasteiger partial charge is 0.480 e. The summed E-state index contributed by atoms with van der Waals surface area (Å²) < 4.78 is 9.03. The number of imidazole rings is 1. The van der Waals surface area contributed by atoms with Gasteiger partial charge in [0.2, 0.25) is 0 Å². The van der Waals surface area contributed by atoms with Crippen molar-refractivity contribution in [2.45, 2.75) is 37.8 Å². The van der Waals surface area contributed by atoms with Gasteiger partial charge in [0, 0.05) is 44.2 Å². The Hall–Kier alpha value is -3.15. The van der Waals surface area contributed by atoms with Crippen molar-refractivity contribution in [1.82, 2.24) is 19.4 Å². The second kappa shape index (κ2) is 6.69. The molecular weight excluding hydrogens is 376 g/mol. The number of nitrogens with zero attached hydrogens (tertiary/aromatic N) is 4. The number of pyridine rings is 1. The average molecular weight is 400 g/mol. The van der Waals surface area contributed by atoms with Gasteiger partial charge in [-0.15, -0.1) is 0 Å². The topological polar surface area (TPSA) is 60.3 Å². The van der Waals surface area contributed by atoms with Crippen LogP contribution in [0.1, 0.15) is 41.9 Å². The number of para-hydroxylation sites is 1. The quantitative estimate of drug-likeness (QED) is 0.669. The number of hydrogen-bond acceptors (Lipinski definition) is 4. The van der Waals surface area contributed by atoms with Crippen molar-refractivity contribution in [2.75, 3.05) is 13.1 Å². The summed E-state index contributed by atoms with van der Waals surface area (Å²) in [5.41, 5.74) is 3.37. The van der Waals surface area contributed by atoms with Gasteiger partial charge in [0.1, 0.15) is 11.4 Å². The number of ether oxygens (including phenoxy) is 1. The molecule has 1 saturated heterocycles. The summed E-state index contributed by atoms with van der Waals surface area (Å²) in [7, 11) is 0. The van der Waals surface area contributed by atoms with Gasteiger partial charge in [-0.25, -0.2) is 4.98 Å². The van der Waals surface area contributed by atoms with Crippen molar-refractivity contribution in [3.05, 3.63) is 66.4 Å². The van der Waals surface area contributed by atoms with Crippen LogP contribution in [0.3, 0.4) is 0 Å². The van der Waals surface area contributed by atoms with Crippen molar-refractivity contribution in [1.29, 1.82) is 0 Å². The monoisotopic (exact) mass is 400 g/mol. The van der Waals surface area contributed by atoms with Crippen LogP contribution in [-0.4, -0.2) is 38.4 Å². The number of rotatable bonds is 3. The van der Waals surface area contributed by atoms with E-state index in [1.165, 1.54) is 18.5 Å². The van der Waals surface area contributed by atoms with Crippen LogP contribution in [0.25, 0.3) is 11.3 Å². The summed E-state index contributed by atoms with van der Waals surface area (Å²) >= 11 is 0. The van der Waals surface area contributed by atoms with Crippen molar-refractivity contribution in [3.8, 4) is 17.0 Å². The van der Waals surface area contributed by atoms with Crippen molar-refractivity contribution >= 4 is 5.91 Å². The lowest BCUT2D eigenvalue weighted by molar-refractivity contribution is -0.00759. The van der Waals surface area contributed by atoms with E-state index in [1.54, 1.807) is 12.3 Å². The predicted molar refractivity (Wildman–Crippen MR) is 112 cm³/mol. The van der Waals surface area contributed by atoms with Gasteiger partial charge in [0.05, 0.1) is 17.7 Å². The fraction of sp³-hybridized carbons (Fsp3) is 0.375. The molecule has 2 aromatic heterocycles. The summed E-state index contributed by atoms with van der Waals surface area (Å²) in [6.45, 7) is 2.30. The molecule has 0 radical (unpaired) electrons. The molecule has 1 aromatic carbocycles. The van der Waals surface area contributed by atoms with Crippen LogP contribution >= 0.6 is 0 Å². The predicted octanol–water partition coefficient (Wildman–Crippen LogP) is 3.88. The first kappa shape index (κ1) is 17.7. The average Bonchev–Trinajstić information content (AvgIpc) is 3.51. The van der Waals surface area contributed by atoms with E-state index in [-0.39, 0.29) is 5.91 Å².